The lowest BCUT2D eigenvalue weighted by Crippen LogP contribution is -2.64. The van der Waals surface area contributed by atoms with Crippen LogP contribution >= 0.6 is 0 Å². The second-order valence-corrected chi connectivity index (χ2v) is 8.01. The molecule has 3 aromatic rings. The Bertz CT molecular complexity index is 1230. The Morgan fingerprint density at radius 3 is 2.65 bits per heavy atom. The van der Waals surface area contributed by atoms with Crippen LogP contribution in [0.25, 0.3) is 0 Å². The van der Waals surface area contributed by atoms with Crippen LogP contribution in [0.3, 0.4) is 0 Å². The molecule has 1 saturated heterocycles. The first kappa shape index (κ1) is 22.7. The SMILES string of the molecule is COc1cccc(COC(=O)N2CC(CC#N)(n3cc(C(N)=O)c(Nc4ccccc4)n3)C2)c1. The predicted molar refractivity (Wildman–Crippen MR) is 123 cm³/mol. The quantitative estimate of drug-likeness (QED) is 0.527. The lowest BCUT2D eigenvalue weighted by atomic mass is 9.87. The Morgan fingerprint density at radius 2 is 1.97 bits per heavy atom. The molecule has 0 unspecified atom stereocenters. The summed E-state index contributed by atoms with van der Waals surface area (Å²) >= 11 is 0. The first-order valence-electron chi connectivity index (χ1n) is 10.6. The van der Waals surface area contributed by atoms with E-state index in [1.807, 2.05) is 48.5 Å². The minimum Gasteiger partial charge on any atom is -0.497 e. The number of likely N-dealkylation sites (tertiary alicyclic amines) is 1. The Morgan fingerprint density at radius 1 is 1.21 bits per heavy atom. The van der Waals surface area contributed by atoms with E-state index in [9.17, 15) is 14.9 Å². The molecular weight excluding hydrogens is 436 g/mol. The molecule has 2 amide bonds. The van der Waals surface area contributed by atoms with Crippen molar-refractivity contribution in [3.05, 3.63) is 71.9 Å². The number of methoxy groups -OCH3 is 1. The lowest BCUT2D eigenvalue weighted by Gasteiger charge is -2.48. The van der Waals surface area contributed by atoms with Crippen LogP contribution in [0.1, 0.15) is 22.3 Å². The molecule has 0 spiro atoms. The van der Waals surface area contributed by atoms with Crippen LogP contribution in [0, 0.1) is 11.3 Å². The number of anilines is 2. The van der Waals surface area contributed by atoms with Crippen molar-refractivity contribution < 1.29 is 19.1 Å². The third-order valence-electron chi connectivity index (χ3n) is 5.64. The number of para-hydroxylation sites is 1. The van der Waals surface area contributed by atoms with E-state index in [0.717, 1.165) is 11.3 Å². The molecule has 3 N–H and O–H groups in total. The third kappa shape index (κ3) is 4.63. The largest absolute Gasteiger partial charge is 0.497 e. The number of hydrogen-bond donors (Lipinski definition) is 2. The molecule has 2 aromatic carbocycles. The van der Waals surface area contributed by atoms with Gasteiger partial charge in [-0.05, 0) is 29.8 Å². The zero-order chi connectivity index (χ0) is 24.1. The zero-order valence-electron chi connectivity index (χ0n) is 18.6. The van der Waals surface area contributed by atoms with Gasteiger partial charge in [0.15, 0.2) is 5.82 Å². The van der Waals surface area contributed by atoms with Crippen molar-refractivity contribution >= 4 is 23.5 Å². The molecule has 10 nitrogen and oxygen atoms in total. The highest BCUT2D eigenvalue weighted by Crippen LogP contribution is 2.34. The summed E-state index contributed by atoms with van der Waals surface area (Å²) in [5.41, 5.74) is 6.50. The van der Waals surface area contributed by atoms with Crippen LogP contribution in [-0.4, -0.2) is 46.9 Å². The standard InChI is InChI=1S/C24H24N6O4/c1-33-19-9-5-6-17(12-19)14-34-23(32)29-15-24(16-29,10-11-25)30-13-20(21(26)31)22(28-30)27-18-7-3-2-4-8-18/h2-9,12-13H,10,14-16H2,1H3,(H2,26,31)(H,27,28). The van der Waals surface area contributed by atoms with E-state index in [-0.39, 0.29) is 37.5 Å². The molecule has 0 aliphatic carbocycles. The van der Waals surface area contributed by atoms with Gasteiger partial charge < -0.3 is 25.4 Å². The number of hydrogen-bond acceptors (Lipinski definition) is 7. The number of amides is 2. The van der Waals surface area contributed by atoms with Gasteiger partial charge >= 0.3 is 6.09 Å². The molecule has 0 saturated carbocycles. The molecule has 0 bridgehead atoms. The van der Waals surface area contributed by atoms with Crippen LogP contribution in [0.15, 0.2) is 60.8 Å². The number of benzene rings is 2. The molecule has 1 fully saturated rings. The topological polar surface area (TPSA) is 136 Å². The number of rotatable bonds is 8. The molecular formula is C24H24N6O4. The van der Waals surface area contributed by atoms with Gasteiger partial charge in [-0.3, -0.25) is 9.48 Å². The van der Waals surface area contributed by atoms with E-state index < -0.39 is 17.5 Å². The zero-order valence-corrected chi connectivity index (χ0v) is 18.6. The summed E-state index contributed by atoms with van der Waals surface area (Å²) in [5, 5.41) is 17.0. The Hall–Kier alpha value is -4.52. The van der Waals surface area contributed by atoms with Crippen LogP contribution in [-0.2, 0) is 16.9 Å². The highest BCUT2D eigenvalue weighted by molar-refractivity contribution is 5.98. The Labute approximate surface area is 196 Å². The van der Waals surface area contributed by atoms with Gasteiger partial charge in [-0.1, -0.05) is 30.3 Å². The number of nitrogens with two attached hydrogens (primary N) is 1. The first-order valence-corrected chi connectivity index (χ1v) is 10.6. The highest BCUT2D eigenvalue weighted by atomic mass is 16.6. The normalized spacial score (nSPS) is 13.9. The van der Waals surface area contributed by atoms with Crippen molar-refractivity contribution in [3.63, 3.8) is 0 Å². The van der Waals surface area contributed by atoms with Gasteiger partial charge in [0.1, 0.15) is 23.5 Å². The summed E-state index contributed by atoms with van der Waals surface area (Å²) in [6.45, 7) is 0.515. The molecule has 0 radical (unpaired) electrons. The monoisotopic (exact) mass is 460 g/mol. The van der Waals surface area contributed by atoms with Crippen LogP contribution < -0.4 is 15.8 Å². The van der Waals surface area contributed by atoms with E-state index in [0.29, 0.717) is 5.75 Å². The average Bonchev–Trinajstić information content (AvgIpc) is 3.24. The summed E-state index contributed by atoms with van der Waals surface area (Å²) in [4.78, 5) is 26.1. The van der Waals surface area contributed by atoms with Gasteiger partial charge in [-0.15, -0.1) is 0 Å². The number of nitriles is 1. The van der Waals surface area contributed by atoms with Crippen molar-refractivity contribution in [2.45, 2.75) is 18.6 Å². The number of primary amides is 1. The summed E-state index contributed by atoms with van der Waals surface area (Å²) in [7, 11) is 1.57. The van der Waals surface area contributed by atoms with Crippen LogP contribution in [0.5, 0.6) is 5.75 Å². The van der Waals surface area contributed by atoms with Gasteiger partial charge in [-0.25, -0.2) is 4.79 Å². The third-order valence-corrected chi connectivity index (χ3v) is 5.64. The summed E-state index contributed by atoms with van der Waals surface area (Å²) in [5.74, 6) is 0.315. The van der Waals surface area contributed by atoms with Crippen LogP contribution in [0.4, 0.5) is 16.3 Å². The highest BCUT2D eigenvalue weighted by Gasteiger charge is 2.48. The molecule has 174 valence electrons. The molecule has 2 heterocycles. The molecule has 0 atom stereocenters. The number of nitrogens with one attached hydrogen (secondary N) is 1. The van der Waals surface area contributed by atoms with E-state index in [1.54, 1.807) is 17.9 Å². The van der Waals surface area contributed by atoms with Crippen LogP contribution in [0.2, 0.25) is 0 Å². The fourth-order valence-electron chi connectivity index (χ4n) is 3.82. The second-order valence-electron chi connectivity index (χ2n) is 8.01. The number of carbonyl (C=O) groups is 2. The average molecular weight is 460 g/mol. The first-order chi connectivity index (χ1) is 16.4. The number of nitrogens with zero attached hydrogens (tertiary/aromatic N) is 4. The summed E-state index contributed by atoms with van der Waals surface area (Å²) < 4.78 is 12.1. The minimum atomic E-state index is -0.787. The van der Waals surface area contributed by atoms with Crippen molar-refractivity contribution in [2.75, 3.05) is 25.5 Å². The van der Waals surface area contributed by atoms with E-state index in [2.05, 4.69) is 16.5 Å². The molecule has 1 aliphatic heterocycles. The molecule has 4 rings (SSSR count). The van der Waals surface area contributed by atoms with Crippen molar-refractivity contribution in [3.8, 4) is 11.8 Å². The smallest absolute Gasteiger partial charge is 0.410 e. The van der Waals surface area contributed by atoms with E-state index >= 15 is 0 Å². The summed E-state index contributed by atoms with van der Waals surface area (Å²) in [6, 6.07) is 18.6. The number of ether oxygens (including phenoxy) is 2. The maximum absolute atomic E-state index is 12.6. The number of aromatic nitrogens is 2. The van der Waals surface area contributed by atoms with Gasteiger partial charge in [0.2, 0.25) is 0 Å². The maximum atomic E-state index is 12.6. The molecule has 1 aliphatic rings. The van der Waals surface area contributed by atoms with Gasteiger partial charge in [0, 0.05) is 11.9 Å². The van der Waals surface area contributed by atoms with Gasteiger partial charge in [0.05, 0.1) is 32.7 Å². The molecule has 10 heteroatoms. The minimum absolute atomic E-state index is 0.0938. The molecule has 34 heavy (non-hydrogen) atoms. The van der Waals surface area contributed by atoms with E-state index in [1.165, 1.54) is 11.1 Å². The fourth-order valence-corrected chi connectivity index (χ4v) is 3.82. The van der Waals surface area contributed by atoms with Gasteiger partial charge in [0.25, 0.3) is 5.91 Å². The molecule has 1 aromatic heterocycles. The lowest BCUT2D eigenvalue weighted by molar-refractivity contribution is -0.00247. The fraction of sp³-hybridized carbons (Fsp3) is 0.250. The maximum Gasteiger partial charge on any atom is 0.410 e. The Balaban J connectivity index is 1.47. The van der Waals surface area contributed by atoms with Gasteiger partial charge in [-0.2, -0.15) is 10.4 Å². The van der Waals surface area contributed by atoms with E-state index in [4.69, 9.17) is 15.2 Å². The van der Waals surface area contributed by atoms with Crippen molar-refractivity contribution in [2.24, 2.45) is 5.73 Å². The number of carbonyl (C=O) groups excluding carboxylic acids is 2. The van der Waals surface area contributed by atoms with Crippen molar-refractivity contribution in [1.82, 2.24) is 14.7 Å². The second kappa shape index (κ2) is 9.54. The predicted octanol–water partition coefficient (Wildman–Crippen LogP) is 3.00. The Kier molecular flexibility index (Phi) is 6.36. The van der Waals surface area contributed by atoms with Crippen molar-refractivity contribution in [1.29, 1.82) is 5.26 Å². The summed E-state index contributed by atoms with van der Waals surface area (Å²) in [6.07, 6.45) is 1.11.